The molecule has 3 rings (SSSR count). The molecule has 3 heteroatoms. The van der Waals surface area contributed by atoms with Gasteiger partial charge in [-0.05, 0) is 49.8 Å². The molecule has 1 fully saturated rings. The van der Waals surface area contributed by atoms with Gasteiger partial charge in [-0.2, -0.15) is 0 Å². The second-order valence-electron chi connectivity index (χ2n) is 6.11. The van der Waals surface area contributed by atoms with Crippen molar-refractivity contribution in [1.29, 1.82) is 0 Å². The maximum Gasteiger partial charge on any atom is 0.127 e. The number of para-hydroxylation sites is 1. The van der Waals surface area contributed by atoms with Gasteiger partial charge in [0.2, 0.25) is 0 Å². The molecular formula is C17H21ClN2. The molecule has 1 N–H and O–H groups in total. The van der Waals surface area contributed by atoms with Crippen LogP contribution in [0.1, 0.15) is 32.6 Å². The fourth-order valence-corrected chi connectivity index (χ4v) is 3.35. The maximum absolute atomic E-state index is 6.26. The van der Waals surface area contributed by atoms with Gasteiger partial charge in [-0.3, -0.25) is 0 Å². The van der Waals surface area contributed by atoms with Gasteiger partial charge in [0.05, 0.1) is 11.1 Å². The monoisotopic (exact) mass is 288 g/mol. The lowest BCUT2D eigenvalue weighted by Crippen LogP contribution is -2.43. The number of benzene rings is 1. The van der Waals surface area contributed by atoms with E-state index in [4.69, 9.17) is 16.6 Å². The van der Waals surface area contributed by atoms with Crippen molar-refractivity contribution >= 4 is 28.3 Å². The third-order valence-electron chi connectivity index (χ3n) is 4.48. The van der Waals surface area contributed by atoms with Crippen LogP contribution in [0.4, 0.5) is 5.82 Å². The Morgan fingerprint density at radius 3 is 2.70 bits per heavy atom. The number of aromatic nitrogens is 1. The molecule has 0 spiro atoms. The maximum atomic E-state index is 6.26. The zero-order chi connectivity index (χ0) is 14.0. The summed E-state index contributed by atoms with van der Waals surface area (Å²) in [6.45, 7) is 2.33. The second kappa shape index (κ2) is 5.61. The summed E-state index contributed by atoms with van der Waals surface area (Å²) in [5, 5.41) is 4.79. The molecule has 0 amide bonds. The number of hydrogen-bond acceptors (Lipinski definition) is 2. The minimum Gasteiger partial charge on any atom is -0.363 e. The summed E-state index contributed by atoms with van der Waals surface area (Å²) in [5.41, 5.74) is 1.05. The van der Waals surface area contributed by atoms with Crippen LogP contribution >= 0.6 is 11.6 Å². The SMILES string of the molecule is CC1CCC(CCl)(Nc2ccc3ccccc3n2)CC1. The number of rotatable bonds is 3. The van der Waals surface area contributed by atoms with Crippen LogP contribution in [0.5, 0.6) is 0 Å². The van der Waals surface area contributed by atoms with E-state index in [9.17, 15) is 0 Å². The molecule has 0 aliphatic heterocycles. The van der Waals surface area contributed by atoms with Crippen LogP contribution in [0, 0.1) is 5.92 Å². The molecule has 0 saturated heterocycles. The third-order valence-corrected chi connectivity index (χ3v) is 4.99. The summed E-state index contributed by atoms with van der Waals surface area (Å²) >= 11 is 6.26. The van der Waals surface area contributed by atoms with Gasteiger partial charge in [-0.1, -0.05) is 25.1 Å². The first-order valence-electron chi connectivity index (χ1n) is 7.41. The zero-order valence-electron chi connectivity index (χ0n) is 11.9. The summed E-state index contributed by atoms with van der Waals surface area (Å²) in [5.74, 6) is 2.41. The molecule has 1 aliphatic rings. The lowest BCUT2D eigenvalue weighted by Gasteiger charge is -2.39. The molecule has 0 bridgehead atoms. The molecule has 1 aromatic carbocycles. The molecular weight excluding hydrogens is 268 g/mol. The first kappa shape index (κ1) is 13.7. The Labute approximate surface area is 125 Å². The van der Waals surface area contributed by atoms with Crippen molar-refractivity contribution in [2.24, 2.45) is 5.92 Å². The Morgan fingerprint density at radius 1 is 1.20 bits per heavy atom. The summed E-state index contributed by atoms with van der Waals surface area (Å²) in [6, 6.07) is 12.4. The minimum absolute atomic E-state index is 0.0174. The van der Waals surface area contributed by atoms with Crippen LogP contribution < -0.4 is 5.32 Å². The van der Waals surface area contributed by atoms with Gasteiger partial charge in [0.25, 0.3) is 0 Å². The van der Waals surface area contributed by atoms with Crippen molar-refractivity contribution < 1.29 is 0 Å². The smallest absolute Gasteiger partial charge is 0.127 e. The first-order valence-corrected chi connectivity index (χ1v) is 7.94. The fourth-order valence-electron chi connectivity index (χ4n) is 3.01. The molecule has 0 radical (unpaired) electrons. The van der Waals surface area contributed by atoms with Crippen molar-refractivity contribution in [3.63, 3.8) is 0 Å². The van der Waals surface area contributed by atoms with E-state index in [1.807, 2.05) is 12.1 Å². The van der Waals surface area contributed by atoms with Crippen LogP contribution in [0.25, 0.3) is 10.9 Å². The number of alkyl halides is 1. The van der Waals surface area contributed by atoms with Crippen LogP contribution in [-0.4, -0.2) is 16.4 Å². The van der Waals surface area contributed by atoms with Crippen LogP contribution in [0.3, 0.4) is 0 Å². The van der Waals surface area contributed by atoms with E-state index >= 15 is 0 Å². The highest BCUT2D eigenvalue weighted by Gasteiger charge is 2.33. The highest BCUT2D eigenvalue weighted by molar-refractivity contribution is 6.18. The Hall–Kier alpha value is -1.28. The van der Waals surface area contributed by atoms with Crippen LogP contribution in [0.15, 0.2) is 36.4 Å². The molecule has 1 aromatic heterocycles. The van der Waals surface area contributed by atoms with Gasteiger partial charge in [0.15, 0.2) is 0 Å². The van der Waals surface area contributed by atoms with E-state index in [0.29, 0.717) is 5.88 Å². The van der Waals surface area contributed by atoms with Crippen molar-refractivity contribution in [2.45, 2.75) is 38.1 Å². The summed E-state index contributed by atoms with van der Waals surface area (Å²) < 4.78 is 0. The molecule has 106 valence electrons. The highest BCUT2D eigenvalue weighted by atomic mass is 35.5. The molecule has 0 atom stereocenters. The number of nitrogens with one attached hydrogen (secondary N) is 1. The Kier molecular flexibility index (Phi) is 3.84. The number of hydrogen-bond donors (Lipinski definition) is 1. The van der Waals surface area contributed by atoms with E-state index in [0.717, 1.165) is 30.1 Å². The lowest BCUT2D eigenvalue weighted by atomic mass is 9.78. The van der Waals surface area contributed by atoms with Gasteiger partial charge in [-0.25, -0.2) is 4.98 Å². The number of anilines is 1. The predicted molar refractivity (Wildman–Crippen MR) is 86.4 cm³/mol. The number of fused-ring (bicyclic) bond motifs is 1. The van der Waals surface area contributed by atoms with Gasteiger partial charge in [0, 0.05) is 11.3 Å². The molecule has 1 aliphatic carbocycles. The Morgan fingerprint density at radius 2 is 1.95 bits per heavy atom. The lowest BCUT2D eigenvalue weighted by molar-refractivity contribution is 0.286. The molecule has 1 saturated carbocycles. The number of pyridine rings is 1. The largest absolute Gasteiger partial charge is 0.363 e. The first-order chi connectivity index (χ1) is 9.71. The quantitative estimate of drug-likeness (QED) is 0.818. The van der Waals surface area contributed by atoms with Crippen LogP contribution in [-0.2, 0) is 0 Å². The molecule has 2 nitrogen and oxygen atoms in total. The average Bonchev–Trinajstić information content (AvgIpc) is 2.50. The minimum atomic E-state index is 0.0174. The summed E-state index contributed by atoms with van der Waals surface area (Å²) in [6.07, 6.45) is 4.75. The van der Waals surface area contributed by atoms with Gasteiger partial charge in [-0.15, -0.1) is 11.6 Å². The standard InChI is InChI=1S/C17H21ClN2/c1-13-8-10-17(12-18,11-9-13)20-16-7-6-14-4-2-3-5-15(14)19-16/h2-7,13H,8-12H2,1H3,(H,19,20). The van der Waals surface area contributed by atoms with E-state index in [1.165, 1.54) is 18.2 Å². The number of halogens is 1. The van der Waals surface area contributed by atoms with Gasteiger partial charge in [0.1, 0.15) is 5.82 Å². The predicted octanol–water partition coefficient (Wildman–Crippen LogP) is 4.83. The normalized spacial score (nSPS) is 26.6. The number of nitrogens with zero attached hydrogens (tertiary/aromatic N) is 1. The molecule has 20 heavy (non-hydrogen) atoms. The summed E-state index contributed by atoms with van der Waals surface area (Å²) in [7, 11) is 0. The van der Waals surface area contributed by atoms with Crippen molar-refractivity contribution in [3.05, 3.63) is 36.4 Å². The molecule has 0 unspecified atom stereocenters. The topological polar surface area (TPSA) is 24.9 Å². The average molecular weight is 289 g/mol. The van der Waals surface area contributed by atoms with E-state index in [1.54, 1.807) is 0 Å². The third kappa shape index (κ3) is 2.76. The fraction of sp³-hybridized carbons (Fsp3) is 0.471. The van der Waals surface area contributed by atoms with Crippen LogP contribution in [0.2, 0.25) is 0 Å². The highest BCUT2D eigenvalue weighted by Crippen LogP contribution is 2.35. The zero-order valence-corrected chi connectivity index (χ0v) is 12.7. The van der Waals surface area contributed by atoms with Crippen molar-refractivity contribution in [2.75, 3.05) is 11.2 Å². The van der Waals surface area contributed by atoms with E-state index < -0.39 is 0 Å². The van der Waals surface area contributed by atoms with Crippen molar-refractivity contribution in [1.82, 2.24) is 4.98 Å². The molecule has 1 heterocycles. The molecule has 2 aromatic rings. The Bertz CT molecular complexity index is 588. The van der Waals surface area contributed by atoms with E-state index in [-0.39, 0.29) is 5.54 Å². The Balaban J connectivity index is 1.83. The summed E-state index contributed by atoms with van der Waals surface area (Å²) in [4.78, 5) is 4.71. The van der Waals surface area contributed by atoms with E-state index in [2.05, 4.69) is 36.5 Å². The second-order valence-corrected chi connectivity index (χ2v) is 6.38. The van der Waals surface area contributed by atoms with Gasteiger partial charge >= 0.3 is 0 Å². The van der Waals surface area contributed by atoms with Gasteiger partial charge < -0.3 is 5.32 Å². The van der Waals surface area contributed by atoms with Crippen molar-refractivity contribution in [3.8, 4) is 0 Å².